The van der Waals surface area contributed by atoms with Crippen LogP contribution < -0.4 is 5.32 Å². The Kier molecular flexibility index (Phi) is 8.92. The molecule has 25 heavy (non-hydrogen) atoms. The van der Waals surface area contributed by atoms with Crippen LogP contribution in [-0.2, 0) is 25.7 Å². The normalized spacial score (nSPS) is 19.0. The lowest BCUT2D eigenvalue weighted by molar-refractivity contribution is -0.191. The number of amides is 2. The molecular formula is C17H22N2O6. The monoisotopic (exact) mass is 350 g/mol. The van der Waals surface area contributed by atoms with Crippen LogP contribution in [0.1, 0.15) is 25.3 Å². The van der Waals surface area contributed by atoms with Gasteiger partial charge in [0.25, 0.3) is 0 Å². The Bertz CT molecular complexity index is 586. The summed E-state index contributed by atoms with van der Waals surface area (Å²) in [6, 6.07) is 9.01. The Balaban J connectivity index is 0.000000970. The van der Waals surface area contributed by atoms with Gasteiger partial charge in [0.2, 0.25) is 5.91 Å². The summed E-state index contributed by atoms with van der Waals surface area (Å²) in [4.78, 5) is 41.3. The van der Waals surface area contributed by atoms with Crippen LogP contribution in [0.15, 0.2) is 30.3 Å². The van der Waals surface area contributed by atoms with Crippen molar-refractivity contribution in [3.8, 4) is 0 Å². The molecule has 2 atom stereocenters. The predicted octanol–water partition coefficient (Wildman–Crippen LogP) is 0.701. The first-order valence-corrected chi connectivity index (χ1v) is 7.94. The molecule has 8 nitrogen and oxygen atoms in total. The zero-order chi connectivity index (χ0) is 18.7. The van der Waals surface area contributed by atoms with Crippen LogP contribution in [0.4, 0.5) is 4.79 Å². The minimum Gasteiger partial charge on any atom is -0.445 e. The summed E-state index contributed by atoms with van der Waals surface area (Å²) in [7, 11) is 0. The molecule has 0 unspecified atom stereocenters. The van der Waals surface area contributed by atoms with Crippen molar-refractivity contribution in [1.82, 2.24) is 10.2 Å². The number of aliphatic hydroxyl groups is 1. The van der Waals surface area contributed by atoms with Crippen LogP contribution in [0.2, 0.25) is 0 Å². The fourth-order valence-electron chi connectivity index (χ4n) is 2.37. The first kappa shape index (κ1) is 20.3. The average molecular weight is 350 g/mol. The second-order valence-electron chi connectivity index (χ2n) is 5.45. The maximum atomic E-state index is 12.1. The summed E-state index contributed by atoms with van der Waals surface area (Å²) in [5.41, 5.74) is 0.920. The smallest absolute Gasteiger partial charge is 0.410 e. The molecule has 1 aromatic carbocycles. The van der Waals surface area contributed by atoms with E-state index in [0.717, 1.165) is 5.56 Å². The van der Waals surface area contributed by atoms with Gasteiger partial charge in [-0.2, -0.15) is 9.59 Å². The highest BCUT2D eigenvalue weighted by molar-refractivity contribution is 5.76. The predicted molar refractivity (Wildman–Crippen MR) is 86.1 cm³/mol. The topological polar surface area (TPSA) is 113 Å². The average Bonchev–Trinajstić information content (AvgIpc) is 2.63. The van der Waals surface area contributed by atoms with Crippen molar-refractivity contribution in [1.29, 1.82) is 0 Å². The van der Waals surface area contributed by atoms with Crippen molar-refractivity contribution in [2.75, 3.05) is 13.1 Å². The van der Waals surface area contributed by atoms with Crippen LogP contribution in [-0.4, -0.2) is 53.4 Å². The van der Waals surface area contributed by atoms with E-state index >= 15 is 0 Å². The number of carbonyl (C=O) groups excluding carboxylic acids is 4. The first-order valence-electron chi connectivity index (χ1n) is 7.94. The summed E-state index contributed by atoms with van der Waals surface area (Å²) in [6.07, 6.45) is -0.0308. The van der Waals surface area contributed by atoms with Gasteiger partial charge in [0.1, 0.15) is 6.61 Å². The van der Waals surface area contributed by atoms with Gasteiger partial charge in [0.05, 0.1) is 12.1 Å². The van der Waals surface area contributed by atoms with Gasteiger partial charge in [0, 0.05) is 19.5 Å². The van der Waals surface area contributed by atoms with Crippen molar-refractivity contribution < 1.29 is 29.0 Å². The van der Waals surface area contributed by atoms with E-state index in [2.05, 4.69) is 5.32 Å². The molecule has 1 aliphatic rings. The molecular weight excluding hydrogens is 328 g/mol. The van der Waals surface area contributed by atoms with Gasteiger partial charge in [0.15, 0.2) is 0 Å². The Hall–Kier alpha value is -2.70. The third-order valence-electron chi connectivity index (χ3n) is 3.71. The lowest BCUT2D eigenvalue weighted by Crippen LogP contribution is -2.56. The molecule has 136 valence electrons. The van der Waals surface area contributed by atoms with Gasteiger partial charge in [-0.15, -0.1) is 0 Å². The molecule has 1 heterocycles. The van der Waals surface area contributed by atoms with Crippen LogP contribution in [0.3, 0.4) is 0 Å². The molecule has 0 bridgehead atoms. The molecule has 1 aromatic rings. The van der Waals surface area contributed by atoms with Crippen LogP contribution in [0.25, 0.3) is 0 Å². The Morgan fingerprint density at radius 3 is 2.56 bits per heavy atom. The molecule has 0 radical (unpaired) electrons. The van der Waals surface area contributed by atoms with Gasteiger partial charge in [-0.05, 0) is 12.0 Å². The molecule has 2 rings (SSSR count). The highest BCUT2D eigenvalue weighted by Gasteiger charge is 2.31. The lowest BCUT2D eigenvalue weighted by atomic mass is 10.0. The number of hydrogen-bond acceptors (Lipinski definition) is 6. The number of likely N-dealkylation sites (tertiary alicyclic amines) is 1. The summed E-state index contributed by atoms with van der Waals surface area (Å²) in [6.45, 7) is 2.65. The number of nitrogens with one attached hydrogen (secondary N) is 1. The molecule has 1 saturated heterocycles. The van der Waals surface area contributed by atoms with Gasteiger partial charge in [-0.25, -0.2) is 4.79 Å². The highest BCUT2D eigenvalue weighted by atomic mass is 16.6. The van der Waals surface area contributed by atoms with Gasteiger partial charge < -0.3 is 20.1 Å². The SMILES string of the molecule is CCC(=O)N[C@H]1CN(C(=O)OCc2ccccc2)CC[C@@H]1O.O=C=O. The summed E-state index contributed by atoms with van der Waals surface area (Å²) in [5.74, 6) is -0.136. The molecule has 0 aliphatic carbocycles. The van der Waals surface area contributed by atoms with Crippen molar-refractivity contribution in [2.24, 2.45) is 0 Å². The maximum absolute atomic E-state index is 12.1. The lowest BCUT2D eigenvalue weighted by Gasteiger charge is -2.35. The van der Waals surface area contributed by atoms with E-state index in [9.17, 15) is 14.7 Å². The van der Waals surface area contributed by atoms with E-state index < -0.39 is 18.2 Å². The number of rotatable bonds is 4. The number of nitrogens with zero attached hydrogens (tertiary/aromatic N) is 1. The molecule has 2 amide bonds. The molecule has 0 saturated carbocycles. The number of carbonyl (C=O) groups is 2. The van der Waals surface area contributed by atoms with Crippen LogP contribution in [0, 0.1) is 0 Å². The maximum Gasteiger partial charge on any atom is 0.410 e. The number of aliphatic hydroxyl groups excluding tert-OH is 1. The van der Waals surface area contributed by atoms with E-state index in [1.807, 2.05) is 30.3 Å². The zero-order valence-electron chi connectivity index (χ0n) is 14.0. The summed E-state index contributed by atoms with van der Waals surface area (Å²) in [5, 5.41) is 12.7. The second kappa shape index (κ2) is 11.0. The standard InChI is InChI=1S/C16H22N2O4.CO2/c1-2-15(20)17-13-10-18(9-8-14(13)19)16(21)22-11-12-6-4-3-5-7-12;2-1-3/h3-7,13-14,19H,2,8-11H2,1H3,(H,17,20);/t13-,14-;/m0./s1. The summed E-state index contributed by atoms with van der Waals surface area (Å²) < 4.78 is 5.28. The van der Waals surface area contributed by atoms with E-state index in [1.54, 1.807) is 6.92 Å². The molecule has 0 spiro atoms. The number of ether oxygens (including phenoxy) is 1. The van der Waals surface area contributed by atoms with Crippen molar-refractivity contribution in [2.45, 2.75) is 38.5 Å². The quantitative estimate of drug-likeness (QED) is 0.826. The zero-order valence-corrected chi connectivity index (χ0v) is 14.0. The molecule has 8 heteroatoms. The van der Waals surface area contributed by atoms with Gasteiger partial charge in [-0.3, -0.25) is 4.79 Å². The van der Waals surface area contributed by atoms with Crippen LogP contribution >= 0.6 is 0 Å². The van der Waals surface area contributed by atoms with Gasteiger partial charge >= 0.3 is 12.2 Å². The first-order chi connectivity index (χ1) is 12.0. The third-order valence-corrected chi connectivity index (χ3v) is 3.71. The van der Waals surface area contributed by atoms with E-state index in [1.165, 1.54) is 4.90 Å². The van der Waals surface area contributed by atoms with E-state index in [4.69, 9.17) is 14.3 Å². The second-order valence-corrected chi connectivity index (χ2v) is 5.45. The van der Waals surface area contributed by atoms with Crippen molar-refractivity contribution >= 4 is 18.2 Å². The van der Waals surface area contributed by atoms with E-state index in [0.29, 0.717) is 19.4 Å². The van der Waals surface area contributed by atoms with Crippen LogP contribution in [0.5, 0.6) is 0 Å². The fraction of sp³-hybridized carbons (Fsp3) is 0.471. The largest absolute Gasteiger partial charge is 0.445 e. The Labute approximate surface area is 145 Å². The molecule has 1 aliphatic heterocycles. The van der Waals surface area contributed by atoms with Crippen molar-refractivity contribution in [3.05, 3.63) is 35.9 Å². The van der Waals surface area contributed by atoms with Crippen molar-refractivity contribution in [3.63, 3.8) is 0 Å². The molecule has 1 fully saturated rings. The minimum absolute atomic E-state index is 0.136. The third kappa shape index (κ3) is 7.15. The minimum atomic E-state index is -0.631. The fourth-order valence-corrected chi connectivity index (χ4v) is 2.37. The van der Waals surface area contributed by atoms with Gasteiger partial charge in [-0.1, -0.05) is 37.3 Å². The molecule has 0 aromatic heterocycles. The molecule has 2 N–H and O–H groups in total. The summed E-state index contributed by atoms with van der Waals surface area (Å²) >= 11 is 0. The van der Waals surface area contributed by atoms with E-state index in [-0.39, 0.29) is 25.2 Å². The highest BCUT2D eigenvalue weighted by Crippen LogP contribution is 2.13. The number of hydrogen-bond donors (Lipinski definition) is 2. The Morgan fingerprint density at radius 2 is 1.96 bits per heavy atom. The Morgan fingerprint density at radius 1 is 1.32 bits per heavy atom. The number of piperidine rings is 1. The number of benzene rings is 1.